The number of aromatic hydroxyl groups is 1. The highest BCUT2D eigenvalue weighted by atomic mass is 35.5. The van der Waals surface area contributed by atoms with Gasteiger partial charge in [-0.2, -0.15) is 0 Å². The Labute approximate surface area is 190 Å². The molecule has 2 aromatic heterocycles. The van der Waals surface area contributed by atoms with Crippen LogP contribution in [0.3, 0.4) is 0 Å². The molecule has 0 saturated carbocycles. The topological polar surface area (TPSA) is 95.3 Å². The summed E-state index contributed by atoms with van der Waals surface area (Å²) in [4.78, 5) is 21.5. The van der Waals surface area contributed by atoms with Crippen LogP contribution in [0.4, 0.5) is 0 Å². The maximum Gasteiger partial charge on any atom is 0.252 e. The molecule has 0 aliphatic carbocycles. The Morgan fingerprint density at radius 3 is 2.44 bits per heavy atom. The summed E-state index contributed by atoms with van der Waals surface area (Å²) in [5, 5.41) is 23.1. The fraction of sp³-hybridized carbons (Fsp3) is 0.0800. The number of hydrogen-bond acceptors (Lipinski definition) is 5. The molecular formula is C25H20ClN3O3. The third-order valence-corrected chi connectivity index (χ3v) is 5.23. The lowest BCUT2D eigenvalue weighted by molar-refractivity contribution is 0.0916. The van der Waals surface area contributed by atoms with Crippen LogP contribution in [0.1, 0.15) is 22.0 Å². The van der Waals surface area contributed by atoms with Crippen LogP contribution < -0.4 is 5.32 Å². The molecule has 0 spiro atoms. The zero-order valence-electron chi connectivity index (χ0n) is 16.9. The van der Waals surface area contributed by atoms with E-state index in [4.69, 9.17) is 11.6 Å². The lowest BCUT2D eigenvalue weighted by atomic mass is 9.99. The number of nitrogens with one attached hydrogen (secondary N) is 1. The predicted octanol–water partition coefficient (Wildman–Crippen LogP) is 4.63. The Hall–Kier alpha value is -3.74. The van der Waals surface area contributed by atoms with E-state index in [2.05, 4.69) is 15.3 Å². The van der Waals surface area contributed by atoms with E-state index in [0.717, 1.165) is 16.7 Å². The van der Waals surface area contributed by atoms with Crippen LogP contribution in [0.5, 0.6) is 5.75 Å². The van der Waals surface area contributed by atoms with Gasteiger partial charge in [-0.1, -0.05) is 41.9 Å². The number of aliphatic hydroxyl groups excluding tert-OH is 1. The molecule has 1 atom stereocenters. The zero-order valence-corrected chi connectivity index (χ0v) is 17.7. The first-order valence-electron chi connectivity index (χ1n) is 9.93. The van der Waals surface area contributed by atoms with Gasteiger partial charge in [-0.25, -0.2) is 0 Å². The van der Waals surface area contributed by atoms with E-state index in [1.54, 1.807) is 42.7 Å². The molecule has 0 fully saturated rings. The fourth-order valence-electron chi connectivity index (χ4n) is 3.27. The van der Waals surface area contributed by atoms with Crippen molar-refractivity contribution >= 4 is 17.5 Å². The van der Waals surface area contributed by atoms with E-state index < -0.39 is 6.10 Å². The average Bonchev–Trinajstić information content (AvgIpc) is 2.83. The third kappa shape index (κ3) is 4.94. The van der Waals surface area contributed by atoms with Gasteiger partial charge in [0.2, 0.25) is 0 Å². The van der Waals surface area contributed by atoms with Crippen LogP contribution in [0, 0.1) is 0 Å². The molecule has 4 rings (SSSR count). The SMILES string of the molecule is O=C(NCC(O)c1ccc(O)cc1)c1cnc(-c2ccc(Cl)cc2)c(-c2cccnc2)c1. The molecule has 7 heteroatoms. The summed E-state index contributed by atoms with van der Waals surface area (Å²) in [6.07, 6.45) is 4.00. The van der Waals surface area contributed by atoms with Gasteiger partial charge in [-0.3, -0.25) is 14.8 Å². The lowest BCUT2D eigenvalue weighted by Gasteiger charge is -2.14. The van der Waals surface area contributed by atoms with Gasteiger partial charge in [-0.15, -0.1) is 0 Å². The van der Waals surface area contributed by atoms with Crippen LogP contribution in [-0.4, -0.2) is 32.6 Å². The van der Waals surface area contributed by atoms with Crippen LogP contribution in [-0.2, 0) is 0 Å². The number of phenols is 1. The molecule has 0 radical (unpaired) electrons. The number of aliphatic hydroxyl groups is 1. The molecule has 0 aliphatic rings. The lowest BCUT2D eigenvalue weighted by Crippen LogP contribution is -2.28. The van der Waals surface area contributed by atoms with E-state index in [-0.39, 0.29) is 18.2 Å². The highest BCUT2D eigenvalue weighted by molar-refractivity contribution is 6.30. The van der Waals surface area contributed by atoms with E-state index in [1.165, 1.54) is 18.3 Å². The predicted molar refractivity (Wildman–Crippen MR) is 123 cm³/mol. The van der Waals surface area contributed by atoms with Gasteiger partial charge in [0, 0.05) is 46.8 Å². The highest BCUT2D eigenvalue weighted by Crippen LogP contribution is 2.31. The number of phenolic OH excluding ortho intramolecular Hbond substituents is 1. The van der Waals surface area contributed by atoms with Gasteiger partial charge in [0.1, 0.15) is 5.75 Å². The minimum Gasteiger partial charge on any atom is -0.508 e. The van der Waals surface area contributed by atoms with Crippen molar-refractivity contribution in [3.63, 3.8) is 0 Å². The van der Waals surface area contributed by atoms with E-state index in [0.29, 0.717) is 21.8 Å². The molecule has 0 aliphatic heterocycles. The molecule has 4 aromatic rings. The summed E-state index contributed by atoms with van der Waals surface area (Å²) in [6.45, 7) is 0.0186. The second-order valence-electron chi connectivity index (χ2n) is 7.19. The van der Waals surface area contributed by atoms with E-state index in [9.17, 15) is 15.0 Å². The maximum absolute atomic E-state index is 12.8. The number of hydrogen-bond donors (Lipinski definition) is 3. The Morgan fingerprint density at radius 1 is 1.00 bits per heavy atom. The Balaban J connectivity index is 1.59. The summed E-state index contributed by atoms with van der Waals surface area (Å²) >= 11 is 6.02. The van der Waals surface area contributed by atoms with Crippen molar-refractivity contribution in [2.45, 2.75) is 6.10 Å². The summed E-state index contributed by atoms with van der Waals surface area (Å²) in [5.74, 6) is -0.247. The average molecular weight is 446 g/mol. The molecule has 0 saturated heterocycles. The van der Waals surface area contributed by atoms with Crippen LogP contribution in [0.15, 0.2) is 85.3 Å². The number of amides is 1. The first-order valence-corrected chi connectivity index (χ1v) is 10.3. The molecule has 32 heavy (non-hydrogen) atoms. The number of benzene rings is 2. The van der Waals surface area contributed by atoms with Crippen molar-refractivity contribution in [1.29, 1.82) is 0 Å². The highest BCUT2D eigenvalue weighted by Gasteiger charge is 2.16. The van der Waals surface area contributed by atoms with E-state index in [1.807, 2.05) is 24.3 Å². The number of aromatic nitrogens is 2. The molecular weight excluding hydrogens is 426 g/mol. The van der Waals surface area contributed by atoms with Gasteiger partial charge in [0.05, 0.1) is 17.4 Å². The number of rotatable bonds is 6. The Morgan fingerprint density at radius 2 is 1.75 bits per heavy atom. The minimum absolute atomic E-state index is 0.0186. The molecule has 2 heterocycles. The molecule has 2 aromatic carbocycles. The first kappa shape index (κ1) is 21.5. The van der Waals surface area contributed by atoms with Gasteiger partial charge < -0.3 is 15.5 Å². The maximum atomic E-state index is 12.8. The summed E-state index contributed by atoms with van der Waals surface area (Å²) in [5.41, 5.74) is 4.10. The largest absolute Gasteiger partial charge is 0.508 e. The standard InChI is InChI=1S/C25H20ClN3O3/c26-20-7-3-17(4-8-20)24-22(18-2-1-11-27-13-18)12-19(14-28-24)25(32)29-15-23(31)16-5-9-21(30)10-6-16/h1-14,23,30-31H,15H2,(H,29,32). The molecule has 1 amide bonds. The number of pyridine rings is 2. The summed E-state index contributed by atoms with van der Waals surface area (Å²) in [7, 11) is 0. The number of carbonyl (C=O) groups excluding carboxylic acids is 1. The van der Waals surface area contributed by atoms with Crippen LogP contribution in [0.25, 0.3) is 22.4 Å². The molecule has 160 valence electrons. The molecule has 0 bridgehead atoms. The van der Waals surface area contributed by atoms with Crippen molar-refractivity contribution in [2.75, 3.05) is 6.54 Å². The second-order valence-corrected chi connectivity index (χ2v) is 7.62. The third-order valence-electron chi connectivity index (χ3n) is 4.97. The Bertz CT molecular complexity index is 1210. The first-order chi connectivity index (χ1) is 15.5. The molecule has 1 unspecified atom stereocenters. The van der Waals surface area contributed by atoms with Gasteiger partial charge >= 0.3 is 0 Å². The van der Waals surface area contributed by atoms with Gasteiger partial charge in [0.25, 0.3) is 5.91 Å². The van der Waals surface area contributed by atoms with Crippen LogP contribution in [0.2, 0.25) is 5.02 Å². The summed E-state index contributed by atoms with van der Waals surface area (Å²) < 4.78 is 0. The smallest absolute Gasteiger partial charge is 0.252 e. The quantitative estimate of drug-likeness (QED) is 0.402. The van der Waals surface area contributed by atoms with Gasteiger partial charge in [-0.05, 0) is 42.0 Å². The van der Waals surface area contributed by atoms with E-state index >= 15 is 0 Å². The molecule has 3 N–H and O–H groups in total. The van der Waals surface area contributed by atoms with Crippen molar-refractivity contribution in [2.24, 2.45) is 0 Å². The number of nitrogens with zero attached hydrogens (tertiary/aromatic N) is 2. The second kappa shape index (κ2) is 9.60. The van der Waals surface area contributed by atoms with Crippen molar-refractivity contribution in [3.8, 4) is 28.1 Å². The monoisotopic (exact) mass is 445 g/mol. The molecule has 6 nitrogen and oxygen atoms in total. The fourth-order valence-corrected chi connectivity index (χ4v) is 3.40. The zero-order chi connectivity index (χ0) is 22.5. The van der Waals surface area contributed by atoms with Crippen molar-refractivity contribution < 1.29 is 15.0 Å². The van der Waals surface area contributed by atoms with Crippen molar-refractivity contribution in [1.82, 2.24) is 15.3 Å². The minimum atomic E-state index is -0.904. The number of carbonyl (C=O) groups is 1. The van der Waals surface area contributed by atoms with Crippen molar-refractivity contribution in [3.05, 3.63) is 101 Å². The Kier molecular flexibility index (Phi) is 6.44. The van der Waals surface area contributed by atoms with Crippen LogP contribution >= 0.6 is 11.6 Å². The number of halogens is 1. The summed E-state index contributed by atoms with van der Waals surface area (Å²) in [6, 6.07) is 19.0. The van der Waals surface area contributed by atoms with Gasteiger partial charge in [0.15, 0.2) is 0 Å². The normalized spacial score (nSPS) is 11.7.